The summed E-state index contributed by atoms with van der Waals surface area (Å²) < 4.78 is 10.7. The molecule has 150 valence electrons. The molecule has 0 saturated heterocycles. The third-order valence-electron chi connectivity index (χ3n) is 3.32. The van der Waals surface area contributed by atoms with Crippen LogP contribution in [-0.4, -0.2) is 44.2 Å². The Labute approximate surface area is 186 Å². The first-order chi connectivity index (χ1) is 12.7. The van der Waals surface area contributed by atoms with Crippen LogP contribution in [0.25, 0.3) is 0 Å². The van der Waals surface area contributed by atoms with Crippen LogP contribution < -0.4 is 16.0 Å². The first-order valence-corrected chi connectivity index (χ1v) is 9.04. The third-order valence-corrected chi connectivity index (χ3v) is 3.82. The predicted octanol–water partition coefficient (Wildman–Crippen LogP) is 3.78. The number of guanidine groups is 1. The summed E-state index contributed by atoms with van der Waals surface area (Å²) in [6.45, 7) is 3.20. The largest absolute Gasteiger partial charge is 0.467 e. The zero-order valence-electron chi connectivity index (χ0n) is 15.0. The number of rotatable bonds is 10. The molecule has 0 aliphatic carbocycles. The SMILES string of the molecule is CN=C(NCCCOCc1ccco1)NCCNc1ncc(Cl)cc1Cl.I. The van der Waals surface area contributed by atoms with Crippen molar-refractivity contribution in [2.75, 3.05) is 38.6 Å². The van der Waals surface area contributed by atoms with E-state index in [1.54, 1.807) is 25.6 Å². The zero-order chi connectivity index (χ0) is 18.6. The minimum atomic E-state index is 0. The average Bonchev–Trinajstić information content (AvgIpc) is 3.14. The minimum absolute atomic E-state index is 0. The van der Waals surface area contributed by atoms with Gasteiger partial charge in [-0.15, -0.1) is 24.0 Å². The summed E-state index contributed by atoms with van der Waals surface area (Å²) in [6.07, 6.45) is 4.06. The molecular formula is C17H24Cl2IN5O2. The Morgan fingerprint density at radius 2 is 2.07 bits per heavy atom. The third kappa shape index (κ3) is 9.50. The molecule has 0 aliphatic heterocycles. The lowest BCUT2D eigenvalue weighted by Gasteiger charge is -2.13. The summed E-state index contributed by atoms with van der Waals surface area (Å²) in [6, 6.07) is 5.40. The average molecular weight is 528 g/mol. The van der Waals surface area contributed by atoms with Crippen molar-refractivity contribution >= 4 is 59.0 Å². The number of nitrogens with one attached hydrogen (secondary N) is 3. The number of pyridine rings is 1. The number of anilines is 1. The zero-order valence-corrected chi connectivity index (χ0v) is 18.8. The minimum Gasteiger partial charge on any atom is -0.467 e. The molecule has 0 fully saturated rings. The summed E-state index contributed by atoms with van der Waals surface area (Å²) in [5, 5.41) is 10.6. The van der Waals surface area contributed by atoms with Gasteiger partial charge in [0.1, 0.15) is 18.2 Å². The molecule has 3 N–H and O–H groups in total. The molecule has 0 aromatic carbocycles. The molecule has 2 aromatic heterocycles. The summed E-state index contributed by atoms with van der Waals surface area (Å²) in [4.78, 5) is 8.31. The molecule has 2 rings (SSSR count). The molecule has 0 aliphatic rings. The molecule has 0 unspecified atom stereocenters. The molecule has 0 bridgehead atoms. The molecule has 7 nitrogen and oxygen atoms in total. The van der Waals surface area contributed by atoms with E-state index in [-0.39, 0.29) is 24.0 Å². The number of aliphatic imine (C=N–C) groups is 1. The van der Waals surface area contributed by atoms with Crippen LogP contribution in [0.4, 0.5) is 5.82 Å². The molecule has 0 atom stereocenters. The van der Waals surface area contributed by atoms with E-state index in [0.29, 0.717) is 42.2 Å². The Bertz CT molecular complexity index is 686. The fourth-order valence-electron chi connectivity index (χ4n) is 2.08. The second kappa shape index (κ2) is 13.9. The quantitative estimate of drug-likeness (QED) is 0.189. The maximum Gasteiger partial charge on any atom is 0.191 e. The number of hydrogen-bond donors (Lipinski definition) is 3. The highest BCUT2D eigenvalue weighted by Gasteiger charge is 2.02. The summed E-state index contributed by atoms with van der Waals surface area (Å²) in [5.41, 5.74) is 0. The van der Waals surface area contributed by atoms with Crippen LogP contribution in [0.5, 0.6) is 0 Å². The smallest absolute Gasteiger partial charge is 0.191 e. The van der Waals surface area contributed by atoms with Crippen LogP contribution in [0.15, 0.2) is 40.1 Å². The van der Waals surface area contributed by atoms with Gasteiger partial charge in [-0.1, -0.05) is 23.2 Å². The lowest BCUT2D eigenvalue weighted by molar-refractivity contribution is 0.105. The Morgan fingerprint density at radius 3 is 2.78 bits per heavy atom. The highest BCUT2D eigenvalue weighted by Crippen LogP contribution is 2.21. The molecular weight excluding hydrogens is 504 g/mol. The molecule has 0 amide bonds. The van der Waals surface area contributed by atoms with Crippen molar-refractivity contribution in [1.29, 1.82) is 0 Å². The highest BCUT2D eigenvalue weighted by molar-refractivity contribution is 14.0. The van der Waals surface area contributed by atoms with E-state index in [0.717, 1.165) is 24.7 Å². The molecule has 2 heterocycles. The first kappa shape index (κ1) is 23.8. The van der Waals surface area contributed by atoms with Gasteiger partial charge >= 0.3 is 0 Å². The molecule has 10 heteroatoms. The Balaban J connectivity index is 0.00000364. The number of nitrogens with zero attached hydrogens (tertiary/aromatic N) is 2. The second-order valence-electron chi connectivity index (χ2n) is 5.32. The maximum atomic E-state index is 6.06. The van der Waals surface area contributed by atoms with Gasteiger partial charge in [-0.25, -0.2) is 4.98 Å². The monoisotopic (exact) mass is 527 g/mol. The van der Waals surface area contributed by atoms with Gasteiger partial charge in [-0.2, -0.15) is 0 Å². The number of aromatic nitrogens is 1. The molecule has 0 saturated carbocycles. The van der Waals surface area contributed by atoms with Gasteiger partial charge in [0.2, 0.25) is 0 Å². The van der Waals surface area contributed by atoms with Gasteiger partial charge in [0.05, 0.1) is 16.3 Å². The fraction of sp³-hybridized carbons (Fsp3) is 0.412. The van der Waals surface area contributed by atoms with E-state index < -0.39 is 0 Å². The normalized spacial score (nSPS) is 11.0. The summed E-state index contributed by atoms with van der Waals surface area (Å²) >= 11 is 11.9. The predicted molar refractivity (Wildman–Crippen MR) is 121 cm³/mol. The second-order valence-corrected chi connectivity index (χ2v) is 6.17. The van der Waals surface area contributed by atoms with E-state index in [1.807, 2.05) is 12.1 Å². The summed E-state index contributed by atoms with van der Waals surface area (Å²) in [7, 11) is 1.73. The number of ether oxygens (including phenoxy) is 1. The molecule has 0 radical (unpaired) electrons. The lowest BCUT2D eigenvalue weighted by atomic mass is 10.4. The van der Waals surface area contributed by atoms with Crippen molar-refractivity contribution in [2.24, 2.45) is 4.99 Å². The highest BCUT2D eigenvalue weighted by atomic mass is 127. The molecule has 2 aromatic rings. The van der Waals surface area contributed by atoms with Gasteiger partial charge in [0.25, 0.3) is 0 Å². The van der Waals surface area contributed by atoms with Crippen molar-refractivity contribution in [2.45, 2.75) is 13.0 Å². The topological polar surface area (TPSA) is 83.7 Å². The Morgan fingerprint density at radius 1 is 1.26 bits per heavy atom. The Kier molecular flexibility index (Phi) is 12.2. The van der Waals surface area contributed by atoms with Crippen molar-refractivity contribution in [3.63, 3.8) is 0 Å². The van der Waals surface area contributed by atoms with E-state index in [1.165, 1.54) is 0 Å². The van der Waals surface area contributed by atoms with Gasteiger partial charge in [0, 0.05) is 39.5 Å². The van der Waals surface area contributed by atoms with Crippen LogP contribution in [0.1, 0.15) is 12.2 Å². The van der Waals surface area contributed by atoms with Crippen LogP contribution in [0.2, 0.25) is 10.0 Å². The van der Waals surface area contributed by atoms with Gasteiger partial charge in [-0.05, 0) is 24.6 Å². The van der Waals surface area contributed by atoms with E-state index >= 15 is 0 Å². The van der Waals surface area contributed by atoms with Crippen LogP contribution in [0.3, 0.4) is 0 Å². The Hall–Kier alpha value is -1.23. The standard InChI is InChI=1S/C17H23Cl2N5O2.HI/c1-20-17(22-5-3-8-25-12-14-4-2-9-26-14)23-7-6-21-16-15(19)10-13(18)11-24-16;/h2,4,9-11H,3,5-8,12H2,1H3,(H,21,24)(H2,20,22,23);1H. The van der Waals surface area contributed by atoms with Crippen LogP contribution >= 0.6 is 47.2 Å². The number of furan rings is 1. The first-order valence-electron chi connectivity index (χ1n) is 8.28. The summed E-state index contributed by atoms with van der Waals surface area (Å²) in [5.74, 6) is 2.17. The van der Waals surface area contributed by atoms with Gasteiger partial charge in [-0.3, -0.25) is 4.99 Å². The maximum absolute atomic E-state index is 6.06. The molecule has 0 spiro atoms. The van der Waals surface area contributed by atoms with Crippen LogP contribution in [-0.2, 0) is 11.3 Å². The number of hydrogen-bond acceptors (Lipinski definition) is 5. The van der Waals surface area contributed by atoms with Crippen molar-refractivity contribution in [3.05, 3.63) is 46.5 Å². The van der Waals surface area contributed by atoms with E-state index in [4.69, 9.17) is 32.4 Å². The van der Waals surface area contributed by atoms with E-state index in [2.05, 4.69) is 25.9 Å². The van der Waals surface area contributed by atoms with Crippen molar-refractivity contribution in [1.82, 2.24) is 15.6 Å². The van der Waals surface area contributed by atoms with Crippen molar-refractivity contribution in [3.8, 4) is 0 Å². The molecule has 27 heavy (non-hydrogen) atoms. The lowest BCUT2D eigenvalue weighted by Crippen LogP contribution is -2.40. The fourth-order valence-corrected chi connectivity index (χ4v) is 2.52. The number of halogens is 3. The van der Waals surface area contributed by atoms with E-state index in [9.17, 15) is 0 Å². The van der Waals surface area contributed by atoms with Gasteiger partial charge in [0.15, 0.2) is 5.96 Å². The van der Waals surface area contributed by atoms with Crippen LogP contribution in [0, 0.1) is 0 Å². The van der Waals surface area contributed by atoms with Crippen molar-refractivity contribution < 1.29 is 9.15 Å². The van der Waals surface area contributed by atoms with Gasteiger partial charge < -0.3 is 25.1 Å².